The van der Waals surface area contributed by atoms with Gasteiger partial charge in [0.1, 0.15) is 11.6 Å². The summed E-state index contributed by atoms with van der Waals surface area (Å²) in [4.78, 5) is 21.7. The maximum absolute atomic E-state index is 13.5. The molecule has 2 fully saturated rings. The van der Waals surface area contributed by atoms with E-state index >= 15 is 0 Å². The van der Waals surface area contributed by atoms with Gasteiger partial charge in [0.25, 0.3) is 0 Å². The Hall–Kier alpha value is -0.468. The SMILES string of the molecule is CCC(=O)[C@H]1C(c2ccc(F)cc2)CC2CCC1N2CCCN(CC[S-])CC([O-])=NCC[S-].[O-2].[Re]. The Balaban J connectivity index is 0.00000306. The van der Waals surface area contributed by atoms with Gasteiger partial charge < -0.3 is 45.7 Å². The largest absolute Gasteiger partial charge is 2.00 e. The molecule has 0 N–H and O–H groups in total. The quantitative estimate of drug-likeness (QED) is 0.179. The summed E-state index contributed by atoms with van der Waals surface area (Å²) in [6.45, 7) is 5.02. The molecule has 2 saturated heterocycles. The number of benzene rings is 1. The van der Waals surface area contributed by atoms with Crippen molar-refractivity contribution in [1.29, 1.82) is 0 Å². The van der Waals surface area contributed by atoms with Crippen LogP contribution in [-0.4, -0.2) is 77.8 Å². The number of fused-ring (bicyclic) bond motifs is 2. The van der Waals surface area contributed by atoms with E-state index < -0.39 is 0 Å². The number of carbonyl (C=O) groups is 1. The summed E-state index contributed by atoms with van der Waals surface area (Å²) in [7, 11) is 0. The molecule has 1 aromatic rings. The number of Topliss-reactive ketones (excluding diaryl/α,β-unsaturated/α-hetero) is 1. The van der Waals surface area contributed by atoms with E-state index in [0.29, 0.717) is 49.4 Å². The van der Waals surface area contributed by atoms with E-state index in [4.69, 9.17) is 25.3 Å². The zero-order valence-corrected chi connectivity index (χ0v) is 24.6. The van der Waals surface area contributed by atoms with Crippen LogP contribution in [-0.2, 0) is 56.0 Å². The van der Waals surface area contributed by atoms with Crippen LogP contribution >= 0.6 is 0 Å². The van der Waals surface area contributed by atoms with Crippen molar-refractivity contribution in [2.24, 2.45) is 10.9 Å². The van der Waals surface area contributed by atoms with E-state index in [0.717, 1.165) is 44.3 Å². The van der Waals surface area contributed by atoms with Crippen LogP contribution in [0.25, 0.3) is 0 Å². The van der Waals surface area contributed by atoms with Crippen LogP contribution < -0.4 is 5.11 Å². The third-order valence-corrected chi connectivity index (χ3v) is 7.48. The molecule has 0 amide bonds. The second-order valence-corrected chi connectivity index (χ2v) is 9.91. The summed E-state index contributed by atoms with van der Waals surface area (Å²) in [5, 5.41) is 12.0. The van der Waals surface area contributed by atoms with Crippen LogP contribution in [0, 0.1) is 11.7 Å². The topological polar surface area (TPSA) is 87.5 Å². The van der Waals surface area contributed by atoms with Gasteiger partial charge in [-0.1, -0.05) is 19.1 Å². The summed E-state index contributed by atoms with van der Waals surface area (Å²) < 4.78 is 13.5. The van der Waals surface area contributed by atoms with Gasteiger partial charge in [0.15, 0.2) is 0 Å². The number of piperidine rings is 1. The number of aliphatic imine (C=N–C) groups is 1. The molecule has 0 aromatic heterocycles. The number of nitrogens with zero attached hydrogens (tertiary/aromatic N) is 3. The average molecular weight is 695 g/mol. The predicted molar refractivity (Wildman–Crippen MR) is 135 cm³/mol. The molecule has 10 heteroatoms. The fourth-order valence-electron chi connectivity index (χ4n) is 5.68. The average Bonchev–Trinajstić information content (AvgIpc) is 3.08. The minimum absolute atomic E-state index is 0. The second kappa shape index (κ2) is 16.4. The molecule has 1 radical (unpaired) electrons. The van der Waals surface area contributed by atoms with Crippen LogP contribution in [0.4, 0.5) is 4.39 Å². The molecule has 0 saturated carbocycles. The van der Waals surface area contributed by atoms with Crippen molar-refractivity contribution in [3.63, 3.8) is 0 Å². The molecule has 4 atom stereocenters. The van der Waals surface area contributed by atoms with Gasteiger partial charge in [-0.25, -0.2) is 4.39 Å². The number of halogens is 1. The first-order chi connectivity index (χ1) is 16.0. The number of hydrogen-bond donors (Lipinski definition) is 0. The molecule has 199 valence electrons. The van der Waals surface area contributed by atoms with Gasteiger partial charge in [0, 0.05) is 57.9 Å². The standard InChI is InChI=1S/C25H38FN3O2S2.O.Re/c1-2-23(30)25-21(18-4-6-19(26)7-5-18)16-20-8-9-22(25)29(20)12-3-11-28(13-15-33)17-24(31)27-10-14-32;;/h4-7,20-22,25,32-33H,2-3,8-17H2,1H3,(H,27,31);;/q;-2;/p-3/t20?,21?,22?,25-;;/m0../s1. The molecular formula is C25H35FN3O3ReS2-5. The monoisotopic (exact) mass is 695 g/mol. The summed E-state index contributed by atoms with van der Waals surface area (Å²) in [6, 6.07) is 7.40. The van der Waals surface area contributed by atoms with Crippen molar-refractivity contribution in [2.45, 2.75) is 57.0 Å². The molecule has 0 aliphatic carbocycles. The zero-order valence-electron chi connectivity index (χ0n) is 20.2. The Morgan fingerprint density at radius 1 is 1.20 bits per heavy atom. The molecule has 2 aliphatic rings. The smallest absolute Gasteiger partial charge is 0.137 e. The molecule has 35 heavy (non-hydrogen) atoms. The van der Waals surface area contributed by atoms with E-state index in [9.17, 15) is 14.3 Å². The first-order valence-corrected chi connectivity index (χ1v) is 13.3. The van der Waals surface area contributed by atoms with Crippen LogP contribution in [0.2, 0.25) is 0 Å². The van der Waals surface area contributed by atoms with Gasteiger partial charge >= 0.3 is 0 Å². The third kappa shape index (κ3) is 8.81. The van der Waals surface area contributed by atoms with Gasteiger partial charge in [0.05, 0.1) is 0 Å². The summed E-state index contributed by atoms with van der Waals surface area (Å²) >= 11 is 10.0. The van der Waals surface area contributed by atoms with Gasteiger partial charge in [-0.3, -0.25) is 9.69 Å². The Labute approximate surface area is 233 Å². The number of carbonyl (C=O) groups excluding carboxylic acids is 1. The van der Waals surface area contributed by atoms with Crippen molar-refractivity contribution < 1.29 is 40.2 Å². The molecule has 6 nitrogen and oxygen atoms in total. The van der Waals surface area contributed by atoms with Crippen molar-refractivity contribution in [3.8, 4) is 0 Å². The first-order valence-electron chi connectivity index (χ1n) is 12.1. The molecule has 2 bridgehead atoms. The zero-order chi connectivity index (χ0) is 23.8. The number of hydrogen-bond acceptors (Lipinski definition) is 7. The van der Waals surface area contributed by atoms with E-state index in [-0.39, 0.29) is 55.5 Å². The Morgan fingerprint density at radius 2 is 1.91 bits per heavy atom. The maximum atomic E-state index is 13.5. The van der Waals surface area contributed by atoms with Gasteiger partial charge in [-0.15, -0.1) is 0 Å². The molecule has 3 unspecified atom stereocenters. The van der Waals surface area contributed by atoms with E-state index in [1.807, 2.05) is 19.1 Å². The Bertz CT molecular complexity index is 803. The van der Waals surface area contributed by atoms with Crippen LogP contribution in [0.1, 0.15) is 50.5 Å². The van der Waals surface area contributed by atoms with Gasteiger partial charge in [-0.2, -0.15) is 11.5 Å². The molecular weight excluding hydrogens is 660 g/mol. The maximum Gasteiger partial charge on any atom is 0.137 e. The minimum atomic E-state index is -0.239. The summed E-state index contributed by atoms with van der Waals surface area (Å²) in [6.07, 6.45) is 4.52. The molecule has 0 spiro atoms. The van der Waals surface area contributed by atoms with Crippen LogP contribution in [0.5, 0.6) is 0 Å². The fourth-order valence-corrected chi connectivity index (χ4v) is 6.03. The first kappa shape index (κ1) is 32.6. The van der Waals surface area contributed by atoms with Crippen LogP contribution in [0.15, 0.2) is 29.3 Å². The van der Waals surface area contributed by atoms with Crippen molar-refractivity contribution in [2.75, 3.05) is 44.2 Å². The van der Waals surface area contributed by atoms with E-state index in [1.165, 1.54) is 12.1 Å². The predicted octanol–water partition coefficient (Wildman–Crippen LogP) is 2.16. The summed E-state index contributed by atoms with van der Waals surface area (Å²) in [5.41, 5.74) is 1.08. The van der Waals surface area contributed by atoms with Crippen molar-refractivity contribution >= 4 is 36.9 Å². The van der Waals surface area contributed by atoms with Gasteiger partial charge in [0.2, 0.25) is 0 Å². The van der Waals surface area contributed by atoms with E-state index in [2.05, 4.69) is 14.8 Å². The molecule has 2 heterocycles. The number of ketones is 1. The fraction of sp³-hybridized carbons (Fsp3) is 0.680. The molecule has 2 aliphatic heterocycles. The summed E-state index contributed by atoms with van der Waals surface area (Å²) in [5.74, 6) is 1.10. The Kier molecular flexibility index (Phi) is 15.2. The second-order valence-electron chi connectivity index (χ2n) is 9.09. The van der Waals surface area contributed by atoms with Crippen molar-refractivity contribution in [1.82, 2.24) is 9.80 Å². The molecule has 3 rings (SSSR count). The number of rotatable bonds is 13. The minimum Gasteiger partial charge on any atom is -2.00 e. The normalized spacial score (nSPS) is 24.2. The molecule has 1 aromatic carbocycles. The third-order valence-electron chi connectivity index (χ3n) is 7.12. The Morgan fingerprint density at radius 3 is 2.54 bits per heavy atom. The van der Waals surface area contributed by atoms with Crippen molar-refractivity contribution in [3.05, 3.63) is 35.6 Å². The van der Waals surface area contributed by atoms with E-state index in [1.54, 1.807) is 0 Å². The van der Waals surface area contributed by atoms with Crippen LogP contribution in [0.3, 0.4) is 0 Å². The van der Waals surface area contributed by atoms with Gasteiger partial charge in [-0.05, 0) is 74.8 Å².